The van der Waals surface area contributed by atoms with Crippen LogP contribution in [-0.4, -0.2) is 21.9 Å². The molecule has 2 aromatic heterocycles. The van der Waals surface area contributed by atoms with E-state index in [2.05, 4.69) is 22.3 Å². The van der Waals surface area contributed by atoms with Crippen LogP contribution in [0.5, 0.6) is 0 Å². The third-order valence-electron chi connectivity index (χ3n) is 5.35. The predicted octanol–water partition coefficient (Wildman–Crippen LogP) is 5.42. The Bertz CT molecular complexity index is 1110. The standard InChI is InChI=1S/C22H19N3O2S3/c26-17-9-4-8-16-20(17)15(18-10-5-11-28-18)12-19(27)25(16)21-23-24-22(30-21)29-13-14-6-2-1-3-7-14/h1-3,5-7,10-11,15H,4,8-9,12-13H2. The van der Waals surface area contributed by atoms with Gasteiger partial charge in [0, 0.05) is 40.7 Å². The van der Waals surface area contributed by atoms with Gasteiger partial charge in [0.15, 0.2) is 10.1 Å². The van der Waals surface area contributed by atoms with E-state index in [9.17, 15) is 9.59 Å². The number of Topliss-reactive ketones (excluding diaryl/α,β-unsaturated/α-hetero) is 1. The quantitative estimate of drug-likeness (QED) is 0.381. The van der Waals surface area contributed by atoms with Crippen molar-refractivity contribution < 1.29 is 9.59 Å². The molecule has 0 saturated carbocycles. The molecule has 152 valence electrons. The Morgan fingerprint density at radius 1 is 1.07 bits per heavy atom. The fourth-order valence-electron chi connectivity index (χ4n) is 4.02. The van der Waals surface area contributed by atoms with Crippen LogP contribution in [0.3, 0.4) is 0 Å². The maximum Gasteiger partial charge on any atom is 0.234 e. The number of carbonyl (C=O) groups is 2. The number of thiophene rings is 1. The molecule has 0 radical (unpaired) electrons. The van der Waals surface area contributed by atoms with Crippen LogP contribution in [0.25, 0.3) is 0 Å². The summed E-state index contributed by atoms with van der Waals surface area (Å²) >= 11 is 4.64. The van der Waals surface area contributed by atoms with Gasteiger partial charge < -0.3 is 0 Å². The minimum Gasteiger partial charge on any atom is -0.294 e. The third kappa shape index (κ3) is 3.75. The van der Waals surface area contributed by atoms with E-state index in [4.69, 9.17) is 0 Å². The van der Waals surface area contributed by atoms with Gasteiger partial charge in [-0.2, -0.15) is 0 Å². The Morgan fingerprint density at radius 3 is 2.73 bits per heavy atom. The molecule has 0 saturated heterocycles. The van der Waals surface area contributed by atoms with Crippen LogP contribution in [0.4, 0.5) is 5.13 Å². The summed E-state index contributed by atoms with van der Waals surface area (Å²) < 4.78 is 0.825. The topological polar surface area (TPSA) is 63.2 Å². The number of hydrogen-bond acceptors (Lipinski definition) is 7. The number of amides is 1. The number of thioether (sulfide) groups is 1. The maximum absolute atomic E-state index is 13.2. The molecule has 8 heteroatoms. The van der Waals surface area contributed by atoms with E-state index in [1.54, 1.807) is 28.0 Å². The van der Waals surface area contributed by atoms with E-state index in [0.29, 0.717) is 18.0 Å². The van der Waals surface area contributed by atoms with E-state index >= 15 is 0 Å². The van der Waals surface area contributed by atoms with Crippen LogP contribution in [0.1, 0.15) is 42.0 Å². The van der Waals surface area contributed by atoms with Crippen molar-refractivity contribution in [3.8, 4) is 0 Å². The third-order valence-corrected chi connectivity index (χ3v) is 8.45. The molecule has 0 spiro atoms. The van der Waals surface area contributed by atoms with Crippen LogP contribution in [0, 0.1) is 0 Å². The van der Waals surface area contributed by atoms with Crippen molar-refractivity contribution in [2.75, 3.05) is 4.90 Å². The number of carbonyl (C=O) groups excluding carboxylic acids is 2. The molecule has 1 amide bonds. The second kappa shape index (κ2) is 8.45. The molecule has 5 rings (SSSR count). The van der Waals surface area contributed by atoms with Gasteiger partial charge in [0.2, 0.25) is 11.0 Å². The molecule has 2 aliphatic rings. The molecule has 0 bridgehead atoms. The van der Waals surface area contributed by atoms with Gasteiger partial charge in [0.05, 0.1) is 0 Å². The first-order valence-corrected chi connectivity index (χ1v) is 12.5. The Hall–Kier alpha value is -2.29. The van der Waals surface area contributed by atoms with E-state index < -0.39 is 0 Å². The monoisotopic (exact) mass is 453 g/mol. The highest BCUT2D eigenvalue weighted by Crippen LogP contribution is 2.45. The first-order valence-electron chi connectivity index (χ1n) is 9.83. The molecule has 0 fully saturated rings. The van der Waals surface area contributed by atoms with Gasteiger partial charge in [-0.3, -0.25) is 14.5 Å². The Morgan fingerprint density at radius 2 is 1.93 bits per heavy atom. The number of nitrogens with zero attached hydrogens (tertiary/aromatic N) is 3. The van der Waals surface area contributed by atoms with Gasteiger partial charge in [-0.15, -0.1) is 21.5 Å². The minimum absolute atomic E-state index is 0.00221. The average Bonchev–Trinajstić information content (AvgIpc) is 3.45. The lowest BCUT2D eigenvalue weighted by Crippen LogP contribution is -2.40. The zero-order valence-corrected chi connectivity index (χ0v) is 18.6. The summed E-state index contributed by atoms with van der Waals surface area (Å²) in [6.45, 7) is 0. The minimum atomic E-state index is -0.128. The van der Waals surface area contributed by atoms with Gasteiger partial charge in [0.1, 0.15) is 0 Å². The predicted molar refractivity (Wildman–Crippen MR) is 121 cm³/mol. The highest BCUT2D eigenvalue weighted by Gasteiger charge is 2.41. The molecule has 0 N–H and O–H groups in total. The Labute approximate surface area is 186 Å². The molecule has 3 heterocycles. The summed E-state index contributed by atoms with van der Waals surface area (Å²) in [6.07, 6.45) is 2.35. The van der Waals surface area contributed by atoms with E-state index in [0.717, 1.165) is 39.1 Å². The van der Waals surface area contributed by atoms with Gasteiger partial charge in [0.25, 0.3) is 0 Å². The van der Waals surface area contributed by atoms with E-state index in [1.165, 1.54) is 16.9 Å². The number of allylic oxidation sites excluding steroid dienone is 2. The molecule has 1 aromatic carbocycles. The molecular weight excluding hydrogens is 434 g/mol. The number of aromatic nitrogens is 2. The molecule has 30 heavy (non-hydrogen) atoms. The highest BCUT2D eigenvalue weighted by molar-refractivity contribution is 8.00. The van der Waals surface area contributed by atoms with Gasteiger partial charge in [-0.1, -0.05) is 59.5 Å². The number of ketones is 1. The molecule has 1 aliphatic heterocycles. The summed E-state index contributed by atoms with van der Waals surface area (Å²) in [5, 5.41) is 11.2. The summed E-state index contributed by atoms with van der Waals surface area (Å²) in [5.74, 6) is 0.834. The van der Waals surface area contributed by atoms with Crippen molar-refractivity contribution in [1.29, 1.82) is 0 Å². The molecule has 5 nitrogen and oxygen atoms in total. The molecule has 1 aliphatic carbocycles. The zero-order valence-electron chi connectivity index (χ0n) is 16.1. The van der Waals surface area contributed by atoms with Gasteiger partial charge in [-0.25, -0.2) is 0 Å². The second-order valence-corrected chi connectivity index (χ2v) is 10.4. The van der Waals surface area contributed by atoms with Crippen LogP contribution in [0.15, 0.2) is 63.5 Å². The first-order chi connectivity index (χ1) is 14.7. The lowest BCUT2D eigenvalue weighted by molar-refractivity contribution is -0.119. The van der Waals surface area contributed by atoms with Crippen LogP contribution in [-0.2, 0) is 15.3 Å². The van der Waals surface area contributed by atoms with Crippen molar-refractivity contribution in [1.82, 2.24) is 10.2 Å². The van der Waals surface area contributed by atoms with Crippen molar-refractivity contribution in [3.63, 3.8) is 0 Å². The summed E-state index contributed by atoms with van der Waals surface area (Å²) in [7, 11) is 0. The van der Waals surface area contributed by atoms with Gasteiger partial charge in [-0.05, 0) is 29.9 Å². The largest absolute Gasteiger partial charge is 0.294 e. The van der Waals surface area contributed by atoms with E-state index in [-0.39, 0.29) is 17.6 Å². The van der Waals surface area contributed by atoms with Crippen molar-refractivity contribution in [3.05, 3.63) is 69.6 Å². The SMILES string of the molecule is O=C1CCCC2=C1C(c1cccs1)CC(=O)N2c1nnc(SCc2ccccc2)s1. The van der Waals surface area contributed by atoms with Gasteiger partial charge >= 0.3 is 0 Å². The van der Waals surface area contributed by atoms with Crippen LogP contribution < -0.4 is 4.90 Å². The van der Waals surface area contributed by atoms with Crippen molar-refractivity contribution in [2.45, 2.75) is 41.7 Å². The smallest absolute Gasteiger partial charge is 0.234 e. The summed E-state index contributed by atoms with van der Waals surface area (Å²) in [4.78, 5) is 28.8. The number of anilines is 1. The summed E-state index contributed by atoms with van der Waals surface area (Å²) in [6, 6.07) is 14.2. The number of benzene rings is 1. The fraction of sp³-hybridized carbons (Fsp3) is 0.273. The number of rotatable bonds is 5. The normalized spacial score (nSPS) is 19.3. The highest BCUT2D eigenvalue weighted by atomic mass is 32.2. The molecule has 1 atom stereocenters. The fourth-order valence-corrected chi connectivity index (χ4v) is 6.69. The van der Waals surface area contributed by atoms with Crippen molar-refractivity contribution in [2.24, 2.45) is 0 Å². The average molecular weight is 454 g/mol. The maximum atomic E-state index is 13.2. The summed E-state index contributed by atoms with van der Waals surface area (Å²) in [5.41, 5.74) is 2.85. The van der Waals surface area contributed by atoms with E-state index in [1.807, 2.05) is 35.7 Å². The van der Waals surface area contributed by atoms with Crippen LogP contribution in [0.2, 0.25) is 0 Å². The second-order valence-electron chi connectivity index (χ2n) is 7.26. The van der Waals surface area contributed by atoms with Crippen molar-refractivity contribution >= 4 is 51.3 Å². The Balaban J connectivity index is 1.45. The Kier molecular flexibility index (Phi) is 5.54. The first kappa shape index (κ1) is 19.7. The lowest BCUT2D eigenvalue weighted by Gasteiger charge is -2.36. The zero-order chi connectivity index (χ0) is 20.5. The molecule has 1 unspecified atom stereocenters. The molecule has 3 aromatic rings. The van der Waals surface area contributed by atoms with Crippen LogP contribution >= 0.6 is 34.4 Å². The number of hydrogen-bond donors (Lipinski definition) is 0. The lowest BCUT2D eigenvalue weighted by atomic mass is 9.80. The molecular formula is C22H19N3O2S3.